The van der Waals surface area contributed by atoms with E-state index in [1.54, 1.807) is 48.5 Å². The molecule has 154 valence electrons. The summed E-state index contributed by atoms with van der Waals surface area (Å²) in [6.07, 6.45) is 2.70. The van der Waals surface area contributed by atoms with Gasteiger partial charge in [0.15, 0.2) is 0 Å². The summed E-state index contributed by atoms with van der Waals surface area (Å²) in [6.45, 7) is 2.55. The van der Waals surface area contributed by atoms with Crippen LogP contribution in [0.15, 0.2) is 53.4 Å². The van der Waals surface area contributed by atoms with Crippen molar-refractivity contribution in [3.8, 4) is 0 Å². The standard InChI is InChI=1S/C21H25N3O4S/c1-15-5-11-19(12-6-15)29(27,28)24-18-9-7-17(8-10-18)23-20(25)14-16-4-2-3-13-22-21(16)26/h5-12,16,24H,2-4,13-14H2,1H3,(H,22,26)(H,23,25)/t16-/m1/s1. The molecule has 8 heteroatoms. The number of carbonyl (C=O) groups is 2. The van der Waals surface area contributed by atoms with Gasteiger partial charge in [-0.3, -0.25) is 14.3 Å². The molecule has 1 aliphatic rings. The van der Waals surface area contributed by atoms with Crippen LogP contribution in [0.3, 0.4) is 0 Å². The third-order valence-corrected chi connectivity index (χ3v) is 6.23. The topological polar surface area (TPSA) is 104 Å². The third kappa shape index (κ3) is 5.80. The molecule has 1 aliphatic heterocycles. The van der Waals surface area contributed by atoms with Crippen LogP contribution < -0.4 is 15.4 Å². The number of nitrogens with one attached hydrogen (secondary N) is 3. The van der Waals surface area contributed by atoms with Gasteiger partial charge in [-0.25, -0.2) is 8.42 Å². The molecule has 0 aliphatic carbocycles. The molecule has 3 N–H and O–H groups in total. The molecule has 1 heterocycles. The van der Waals surface area contributed by atoms with Crippen molar-refractivity contribution < 1.29 is 18.0 Å². The van der Waals surface area contributed by atoms with E-state index in [2.05, 4.69) is 15.4 Å². The maximum Gasteiger partial charge on any atom is 0.261 e. The number of rotatable bonds is 6. The summed E-state index contributed by atoms with van der Waals surface area (Å²) in [5.74, 6) is -0.614. The van der Waals surface area contributed by atoms with Gasteiger partial charge in [-0.2, -0.15) is 0 Å². The average Bonchev–Trinajstić information content (AvgIpc) is 2.88. The monoisotopic (exact) mass is 415 g/mol. The molecule has 0 unspecified atom stereocenters. The first kappa shape index (κ1) is 20.9. The molecular weight excluding hydrogens is 390 g/mol. The summed E-state index contributed by atoms with van der Waals surface area (Å²) < 4.78 is 27.4. The van der Waals surface area contributed by atoms with E-state index in [-0.39, 0.29) is 29.0 Å². The van der Waals surface area contributed by atoms with E-state index in [1.807, 2.05) is 6.92 Å². The lowest BCUT2D eigenvalue weighted by Crippen LogP contribution is -2.31. The van der Waals surface area contributed by atoms with Crippen molar-refractivity contribution in [2.45, 2.75) is 37.5 Å². The first-order valence-corrected chi connectivity index (χ1v) is 11.1. The smallest absolute Gasteiger partial charge is 0.261 e. The Balaban J connectivity index is 1.59. The highest BCUT2D eigenvalue weighted by molar-refractivity contribution is 7.92. The zero-order valence-electron chi connectivity index (χ0n) is 16.3. The van der Waals surface area contributed by atoms with Crippen molar-refractivity contribution in [2.75, 3.05) is 16.6 Å². The Kier molecular flexibility index (Phi) is 6.53. The Morgan fingerprint density at radius 3 is 2.38 bits per heavy atom. The lowest BCUT2D eigenvalue weighted by molar-refractivity contribution is -0.128. The highest BCUT2D eigenvalue weighted by atomic mass is 32.2. The van der Waals surface area contributed by atoms with Crippen molar-refractivity contribution in [1.29, 1.82) is 0 Å². The molecule has 0 aromatic heterocycles. The van der Waals surface area contributed by atoms with Crippen LogP contribution in [0.25, 0.3) is 0 Å². The molecule has 0 radical (unpaired) electrons. The molecule has 2 amide bonds. The van der Waals surface area contributed by atoms with Crippen molar-refractivity contribution in [2.24, 2.45) is 5.92 Å². The van der Waals surface area contributed by atoms with Crippen LogP contribution >= 0.6 is 0 Å². The highest BCUT2D eigenvalue weighted by Gasteiger charge is 2.23. The van der Waals surface area contributed by atoms with Gasteiger partial charge in [0.1, 0.15) is 0 Å². The highest BCUT2D eigenvalue weighted by Crippen LogP contribution is 2.20. The maximum atomic E-state index is 12.4. The Bertz CT molecular complexity index is 970. The number of anilines is 2. The summed E-state index contributed by atoms with van der Waals surface area (Å²) in [6, 6.07) is 13.0. The normalized spacial score (nSPS) is 17.1. The summed E-state index contributed by atoms with van der Waals surface area (Å²) in [4.78, 5) is 24.4. The number of aryl methyl sites for hydroxylation is 1. The minimum Gasteiger partial charge on any atom is -0.356 e. The van der Waals surface area contributed by atoms with Gasteiger partial charge in [-0.05, 0) is 56.2 Å². The Hall–Kier alpha value is -2.87. The van der Waals surface area contributed by atoms with Crippen molar-refractivity contribution >= 4 is 33.2 Å². The molecular formula is C21H25N3O4S. The van der Waals surface area contributed by atoms with Crippen LogP contribution in [0, 0.1) is 12.8 Å². The molecule has 2 aromatic carbocycles. The molecule has 1 atom stereocenters. The van der Waals surface area contributed by atoms with Gasteiger partial charge >= 0.3 is 0 Å². The van der Waals surface area contributed by atoms with Crippen LogP contribution in [-0.4, -0.2) is 26.8 Å². The van der Waals surface area contributed by atoms with Crippen molar-refractivity contribution in [3.63, 3.8) is 0 Å². The summed E-state index contributed by atoms with van der Waals surface area (Å²) >= 11 is 0. The Morgan fingerprint density at radius 2 is 1.69 bits per heavy atom. The molecule has 0 saturated carbocycles. The van der Waals surface area contributed by atoms with Crippen molar-refractivity contribution in [1.82, 2.24) is 5.32 Å². The van der Waals surface area contributed by atoms with Crippen LogP contribution in [0.1, 0.15) is 31.2 Å². The van der Waals surface area contributed by atoms with E-state index in [0.717, 1.165) is 18.4 Å². The second kappa shape index (κ2) is 9.09. The second-order valence-electron chi connectivity index (χ2n) is 7.23. The zero-order valence-corrected chi connectivity index (χ0v) is 17.1. The van der Waals surface area contributed by atoms with Gasteiger partial charge in [-0.15, -0.1) is 0 Å². The van der Waals surface area contributed by atoms with Crippen LogP contribution in [0.4, 0.5) is 11.4 Å². The predicted molar refractivity (Wildman–Crippen MR) is 112 cm³/mol. The molecule has 3 rings (SSSR count). The zero-order chi connectivity index (χ0) is 20.9. The first-order valence-electron chi connectivity index (χ1n) is 9.60. The number of sulfonamides is 1. The molecule has 1 fully saturated rings. The van der Waals surface area contributed by atoms with E-state index >= 15 is 0 Å². The van der Waals surface area contributed by atoms with E-state index < -0.39 is 10.0 Å². The van der Waals surface area contributed by atoms with Gasteiger partial charge in [0.05, 0.1) is 4.90 Å². The Labute approximate surface area is 171 Å². The predicted octanol–water partition coefficient (Wildman–Crippen LogP) is 3.04. The van der Waals surface area contributed by atoms with E-state index in [9.17, 15) is 18.0 Å². The van der Waals surface area contributed by atoms with E-state index in [4.69, 9.17) is 0 Å². The fourth-order valence-electron chi connectivity index (χ4n) is 3.19. The fraction of sp³-hybridized carbons (Fsp3) is 0.333. The third-order valence-electron chi connectivity index (χ3n) is 4.83. The number of benzene rings is 2. The fourth-order valence-corrected chi connectivity index (χ4v) is 4.25. The van der Waals surface area contributed by atoms with Gasteiger partial charge in [0, 0.05) is 30.3 Å². The van der Waals surface area contributed by atoms with E-state index in [1.165, 1.54) is 0 Å². The minimum absolute atomic E-state index is 0.0708. The molecule has 2 aromatic rings. The maximum absolute atomic E-state index is 12.4. The summed E-state index contributed by atoms with van der Waals surface area (Å²) in [5, 5.41) is 5.59. The minimum atomic E-state index is -3.68. The molecule has 1 saturated heterocycles. The molecule has 0 spiro atoms. The number of amides is 2. The average molecular weight is 416 g/mol. The number of hydrogen-bond acceptors (Lipinski definition) is 4. The molecule has 0 bridgehead atoms. The lowest BCUT2D eigenvalue weighted by atomic mass is 9.98. The lowest BCUT2D eigenvalue weighted by Gasteiger charge is -2.13. The molecule has 29 heavy (non-hydrogen) atoms. The SMILES string of the molecule is Cc1ccc(S(=O)(=O)Nc2ccc(NC(=O)C[C@H]3CCCCNC3=O)cc2)cc1. The van der Waals surface area contributed by atoms with Crippen LogP contribution in [0.2, 0.25) is 0 Å². The second-order valence-corrected chi connectivity index (χ2v) is 8.91. The Morgan fingerprint density at radius 1 is 1.03 bits per heavy atom. The number of hydrogen-bond donors (Lipinski definition) is 3. The summed E-state index contributed by atoms with van der Waals surface area (Å²) in [7, 11) is -3.68. The number of carbonyl (C=O) groups excluding carboxylic acids is 2. The van der Waals surface area contributed by atoms with Gasteiger partial charge in [-0.1, -0.05) is 24.1 Å². The van der Waals surface area contributed by atoms with Crippen molar-refractivity contribution in [3.05, 3.63) is 54.1 Å². The van der Waals surface area contributed by atoms with Crippen LogP contribution in [-0.2, 0) is 19.6 Å². The van der Waals surface area contributed by atoms with E-state index in [0.29, 0.717) is 24.3 Å². The largest absolute Gasteiger partial charge is 0.356 e. The van der Waals surface area contributed by atoms with Gasteiger partial charge < -0.3 is 10.6 Å². The van der Waals surface area contributed by atoms with Gasteiger partial charge in [0.2, 0.25) is 11.8 Å². The van der Waals surface area contributed by atoms with Gasteiger partial charge in [0.25, 0.3) is 10.0 Å². The quantitative estimate of drug-likeness (QED) is 0.674. The van der Waals surface area contributed by atoms with Crippen LogP contribution in [0.5, 0.6) is 0 Å². The summed E-state index contributed by atoms with van der Waals surface area (Å²) in [5.41, 5.74) is 1.92. The molecule has 7 nitrogen and oxygen atoms in total. The first-order chi connectivity index (χ1) is 13.8.